The summed E-state index contributed by atoms with van der Waals surface area (Å²) < 4.78 is 27.8. The maximum absolute atomic E-state index is 12.6. The van der Waals surface area contributed by atoms with Crippen LogP contribution < -0.4 is 5.73 Å². The van der Waals surface area contributed by atoms with Crippen LogP contribution in [0.15, 0.2) is 11.8 Å². The number of nitrogens with zero attached hydrogens (tertiary/aromatic N) is 1. The van der Waals surface area contributed by atoms with Crippen molar-refractivity contribution in [1.29, 1.82) is 0 Å². The summed E-state index contributed by atoms with van der Waals surface area (Å²) in [6.07, 6.45) is -0.381. The van der Waals surface area contributed by atoms with E-state index in [1.54, 1.807) is 0 Å². The standard InChI is InChI=1S/C11H14N2O7S/c1-3-5(20-10(12)17)11(2)8(9(15)16)13-6(14)4-7(13)21(11,18)19/h3,7-8H,4H2,1-2H3,(H2,12,17)(H,15,16)/t7-,8+,11-/m1/s1. The lowest BCUT2D eigenvalue weighted by Gasteiger charge is -2.35. The molecule has 0 spiro atoms. The van der Waals surface area contributed by atoms with Crippen molar-refractivity contribution < 1.29 is 32.6 Å². The molecular formula is C11H14N2O7S. The summed E-state index contributed by atoms with van der Waals surface area (Å²) in [5.74, 6) is -2.47. The zero-order chi connectivity index (χ0) is 16.2. The van der Waals surface area contributed by atoms with Gasteiger partial charge in [0.25, 0.3) is 0 Å². The number of carbonyl (C=O) groups is 3. The van der Waals surface area contributed by atoms with Crippen molar-refractivity contribution >= 4 is 27.8 Å². The monoisotopic (exact) mass is 318 g/mol. The summed E-state index contributed by atoms with van der Waals surface area (Å²) in [5, 5.41) is 8.12. The van der Waals surface area contributed by atoms with Gasteiger partial charge in [-0.3, -0.25) is 4.79 Å². The maximum atomic E-state index is 12.6. The lowest BCUT2D eigenvalue weighted by atomic mass is 9.94. The van der Waals surface area contributed by atoms with Gasteiger partial charge in [0, 0.05) is 0 Å². The van der Waals surface area contributed by atoms with Gasteiger partial charge in [-0.25, -0.2) is 18.0 Å². The molecule has 3 atom stereocenters. The van der Waals surface area contributed by atoms with Crippen molar-refractivity contribution in [3.63, 3.8) is 0 Å². The number of nitrogens with two attached hydrogens (primary N) is 1. The van der Waals surface area contributed by atoms with Gasteiger partial charge in [0.1, 0.15) is 11.1 Å². The fourth-order valence-corrected chi connectivity index (χ4v) is 5.29. The molecule has 0 saturated carbocycles. The molecule has 0 bridgehead atoms. The van der Waals surface area contributed by atoms with Gasteiger partial charge in [0.05, 0.1) is 6.42 Å². The van der Waals surface area contributed by atoms with Crippen LogP contribution in [0.4, 0.5) is 4.79 Å². The van der Waals surface area contributed by atoms with Crippen LogP contribution in [0.5, 0.6) is 0 Å². The summed E-state index contributed by atoms with van der Waals surface area (Å²) in [6, 6.07) is -1.67. The Kier molecular flexibility index (Phi) is 3.24. The maximum Gasteiger partial charge on any atom is 0.409 e. The lowest BCUT2D eigenvalue weighted by Crippen LogP contribution is -2.57. The highest BCUT2D eigenvalue weighted by molar-refractivity contribution is 7.94. The molecule has 9 nitrogen and oxygen atoms in total. The van der Waals surface area contributed by atoms with Gasteiger partial charge in [-0.1, -0.05) is 0 Å². The van der Waals surface area contributed by atoms with Gasteiger partial charge in [0.2, 0.25) is 5.91 Å². The third kappa shape index (κ3) is 1.75. The molecule has 2 aliphatic heterocycles. The molecule has 2 heterocycles. The topological polar surface area (TPSA) is 144 Å². The van der Waals surface area contributed by atoms with Crippen LogP contribution in [0.25, 0.3) is 0 Å². The van der Waals surface area contributed by atoms with Crippen molar-refractivity contribution in [1.82, 2.24) is 4.90 Å². The molecule has 21 heavy (non-hydrogen) atoms. The van der Waals surface area contributed by atoms with Crippen LogP contribution in [-0.4, -0.2) is 52.6 Å². The van der Waals surface area contributed by atoms with E-state index >= 15 is 0 Å². The average molecular weight is 318 g/mol. The number of carboxylic acid groups (broad SMARTS) is 1. The highest BCUT2D eigenvalue weighted by atomic mass is 32.2. The largest absolute Gasteiger partial charge is 0.480 e. The first-order valence-electron chi connectivity index (χ1n) is 6.00. The van der Waals surface area contributed by atoms with E-state index in [0.29, 0.717) is 0 Å². The summed E-state index contributed by atoms with van der Waals surface area (Å²) in [6.45, 7) is 2.50. The predicted octanol–water partition coefficient (Wildman–Crippen LogP) is -0.816. The number of β-lactam (4-membered cyclic amide) rings is 1. The van der Waals surface area contributed by atoms with Crippen molar-refractivity contribution in [3.05, 3.63) is 11.8 Å². The molecule has 2 saturated heterocycles. The number of hydrogen-bond donors (Lipinski definition) is 2. The third-order valence-electron chi connectivity index (χ3n) is 3.89. The molecule has 0 aromatic heterocycles. The van der Waals surface area contributed by atoms with Crippen LogP contribution in [-0.2, 0) is 24.2 Å². The fourth-order valence-electron chi connectivity index (χ4n) is 2.86. The molecule has 0 aliphatic carbocycles. The minimum Gasteiger partial charge on any atom is -0.480 e. The highest BCUT2D eigenvalue weighted by Gasteiger charge is 2.72. The molecule has 116 valence electrons. The van der Waals surface area contributed by atoms with E-state index in [2.05, 4.69) is 4.74 Å². The molecule has 3 N–H and O–H groups in total. The average Bonchev–Trinajstić information content (AvgIpc) is 2.50. The number of rotatable bonds is 3. The van der Waals surface area contributed by atoms with E-state index in [-0.39, 0.29) is 6.42 Å². The Bertz CT molecular complexity index is 668. The van der Waals surface area contributed by atoms with Gasteiger partial charge in [-0.05, 0) is 19.9 Å². The second kappa shape index (κ2) is 4.45. The number of carboxylic acids is 1. The zero-order valence-corrected chi connectivity index (χ0v) is 12.1. The number of fused-ring (bicyclic) bond motifs is 1. The Morgan fingerprint density at radius 2 is 2.10 bits per heavy atom. The Morgan fingerprint density at radius 1 is 1.52 bits per heavy atom. The second-order valence-corrected chi connectivity index (χ2v) is 7.41. The van der Waals surface area contributed by atoms with Gasteiger partial charge in [0.15, 0.2) is 20.6 Å². The summed E-state index contributed by atoms with van der Waals surface area (Å²) in [7, 11) is -4.09. The Labute approximate surface area is 120 Å². The highest BCUT2D eigenvalue weighted by Crippen LogP contribution is 2.49. The minimum atomic E-state index is -4.09. The number of aliphatic carboxylic acids is 1. The first-order valence-corrected chi connectivity index (χ1v) is 7.55. The second-order valence-electron chi connectivity index (χ2n) is 4.93. The van der Waals surface area contributed by atoms with Crippen LogP contribution in [0.2, 0.25) is 0 Å². The van der Waals surface area contributed by atoms with Crippen molar-refractivity contribution in [3.8, 4) is 0 Å². The SMILES string of the molecule is CC=C(OC(N)=O)[C@]1(C)[C@H](C(=O)O)N2C(=O)C[C@H]2S1(=O)=O. The number of carbonyl (C=O) groups excluding carboxylic acids is 2. The molecule has 0 radical (unpaired) electrons. The van der Waals surface area contributed by atoms with Crippen LogP contribution in [0, 0.1) is 0 Å². The number of sulfone groups is 1. The van der Waals surface area contributed by atoms with Gasteiger partial charge in [-0.15, -0.1) is 0 Å². The Morgan fingerprint density at radius 3 is 2.48 bits per heavy atom. The van der Waals surface area contributed by atoms with E-state index in [4.69, 9.17) is 5.73 Å². The van der Waals surface area contributed by atoms with Crippen molar-refractivity contribution in [2.24, 2.45) is 5.73 Å². The molecule has 0 aromatic rings. The Balaban J connectivity index is 2.64. The van der Waals surface area contributed by atoms with E-state index in [1.165, 1.54) is 6.92 Å². The first-order chi connectivity index (χ1) is 9.58. The van der Waals surface area contributed by atoms with Crippen molar-refractivity contribution in [2.75, 3.05) is 0 Å². The number of amides is 2. The van der Waals surface area contributed by atoms with Crippen LogP contribution in [0.3, 0.4) is 0 Å². The van der Waals surface area contributed by atoms with E-state index in [9.17, 15) is 27.9 Å². The molecule has 2 fully saturated rings. The molecule has 10 heteroatoms. The molecule has 2 aliphatic rings. The molecular weight excluding hydrogens is 304 g/mol. The predicted molar refractivity (Wildman–Crippen MR) is 68.4 cm³/mol. The van der Waals surface area contributed by atoms with Gasteiger partial charge in [-0.2, -0.15) is 0 Å². The molecule has 0 unspecified atom stereocenters. The summed E-state index contributed by atoms with van der Waals surface area (Å²) >= 11 is 0. The zero-order valence-electron chi connectivity index (χ0n) is 11.3. The summed E-state index contributed by atoms with van der Waals surface area (Å²) in [4.78, 5) is 34.8. The fraction of sp³-hybridized carbons (Fsp3) is 0.545. The number of hydrogen-bond acceptors (Lipinski definition) is 6. The number of allylic oxidation sites excluding steroid dienone is 1. The molecule has 2 amide bonds. The van der Waals surface area contributed by atoms with Gasteiger partial charge >= 0.3 is 12.1 Å². The van der Waals surface area contributed by atoms with Crippen LogP contribution in [0.1, 0.15) is 20.3 Å². The lowest BCUT2D eigenvalue weighted by molar-refractivity contribution is -0.157. The van der Waals surface area contributed by atoms with E-state index in [1.807, 2.05) is 0 Å². The minimum absolute atomic E-state index is 0.282. The molecule has 0 aromatic carbocycles. The smallest absolute Gasteiger partial charge is 0.409 e. The van der Waals surface area contributed by atoms with E-state index in [0.717, 1.165) is 17.9 Å². The van der Waals surface area contributed by atoms with Crippen LogP contribution >= 0.6 is 0 Å². The Hall–Kier alpha value is -2.10. The van der Waals surface area contributed by atoms with Gasteiger partial charge < -0.3 is 20.5 Å². The van der Waals surface area contributed by atoms with Crippen molar-refractivity contribution in [2.45, 2.75) is 36.4 Å². The number of ether oxygens (including phenoxy) is 1. The van der Waals surface area contributed by atoms with E-state index < -0.39 is 49.7 Å². The number of primary amides is 1. The summed E-state index contributed by atoms with van der Waals surface area (Å²) in [5.41, 5.74) is 4.89. The first kappa shape index (κ1) is 15.3. The normalized spacial score (nSPS) is 34.1. The third-order valence-corrected chi connectivity index (χ3v) is 6.61. The molecule has 2 rings (SSSR count). The quantitative estimate of drug-likeness (QED) is 0.511.